The van der Waals surface area contributed by atoms with Crippen molar-refractivity contribution in [1.29, 1.82) is 5.26 Å². The molecular weight excluding hydrogens is 130 g/mol. The number of nitrogens with one attached hydrogen (secondary N) is 1. The largest absolute Gasteiger partial charge is 0.351 e. The zero-order chi connectivity index (χ0) is 7.82. The summed E-state index contributed by atoms with van der Waals surface area (Å²) >= 11 is 0. The quantitative estimate of drug-likeness (QED) is 0.499. The topological polar surface area (TPSA) is 78.9 Å². The minimum Gasteiger partial charge on any atom is -0.351 e. The van der Waals surface area contributed by atoms with E-state index in [-0.39, 0.29) is 12.5 Å². The summed E-state index contributed by atoms with van der Waals surface area (Å²) < 4.78 is 0. The zero-order valence-corrected chi connectivity index (χ0v) is 5.50. The number of nitrogens with two attached hydrogens (primary N) is 1. The van der Waals surface area contributed by atoms with E-state index in [2.05, 4.69) is 5.32 Å². The van der Waals surface area contributed by atoms with E-state index in [4.69, 9.17) is 11.0 Å². The predicted molar refractivity (Wildman–Crippen MR) is 36.8 cm³/mol. The fourth-order valence-electron chi connectivity index (χ4n) is 0.357. The fraction of sp³-hybridized carbons (Fsp3) is 0.333. The number of rotatable bonds is 3. The maximum Gasteiger partial charge on any atom is 0.233 e. The molecule has 54 valence electrons. The lowest BCUT2D eigenvalue weighted by Gasteiger charge is -1.95. The van der Waals surface area contributed by atoms with Crippen LogP contribution in [0.4, 0.5) is 0 Å². The Bertz CT molecular complexity index is 168. The monoisotopic (exact) mass is 139 g/mol. The molecule has 0 radical (unpaired) electrons. The third-order valence-electron chi connectivity index (χ3n) is 0.795. The zero-order valence-electron chi connectivity index (χ0n) is 5.50. The fourth-order valence-corrected chi connectivity index (χ4v) is 0.357. The highest BCUT2D eigenvalue weighted by molar-refractivity contribution is 5.77. The molecule has 0 atom stereocenters. The molecule has 0 spiro atoms. The average Bonchev–Trinajstić information content (AvgIpc) is 1.98. The first-order valence-electron chi connectivity index (χ1n) is 2.82. The van der Waals surface area contributed by atoms with Crippen LogP contribution in [0.1, 0.15) is 0 Å². The van der Waals surface area contributed by atoms with Crippen LogP contribution in [-0.2, 0) is 4.79 Å². The molecule has 0 heterocycles. The third kappa shape index (κ3) is 4.81. The number of nitrogens with zero attached hydrogens (tertiary/aromatic N) is 1. The van der Waals surface area contributed by atoms with E-state index in [9.17, 15) is 4.79 Å². The smallest absolute Gasteiger partial charge is 0.233 e. The van der Waals surface area contributed by atoms with Crippen LogP contribution in [0.3, 0.4) is 0 Å². The van der Waals surface area contributed by atoms with Crippen molar-refractivity contribution in [3.05, 3.63) is 12.2 Å². The summed E-state index contributed by atoms with van der Waals surface area (Å²) in [5.41, 5.74) is 4.99. The van der Waals surface area contributed by atoms with Crippen LogP contribution in [0.5, 0.6) is 0 Å². The molecule has 4 heteroatoms. The first-order valence-corrected chi connectivity index (χ1v) is 2.82. The predicted octanol–water partition coefficient (Wildman–Crippen LogP) is -0.859. The highest BCUT2D eigenvalue weighted by Gasteiger charge is 1.90. The van der Waals surface area contributed by atoms with Crippen molar-refractivity contribution in [2.45, 2.75) is 0 Å². The molecule has 0 aliphatic carbocycles. The number of hydrogen-bond acceptors (Lipinski definition) is 3. The Labute approximate surface area is 59.3 Å². The van der Waals surface area contributed by atoms with E-state index >= 15 is 0 Å². The average molecular weight is 139 g/mol. The van der Waals surface area contributed by atoms with Gasteiger partial charge in [0, 0.05) is 12.6 Å². The van der Waals surface area contributed by atoms with Crippen LogP contribution >= 0.6 is 0 Å². The van der Waals surface area contributed by atoms with Gasteiger partial charge in [-0.2, -0.15) is 5.26 Å². The van der Waals surface area contributed by atoms with Crippen molar-refractivity contribution in [3.63, 3.8) is 0 Å². The van der Waals surface area contributed by atoms with E-state index in [1.807, 2.05) is 0 Å². The summed E-state index contributed by atoms with van der Waals surface area (Å²) in [4.78, 5) is 10.4. The van der Waals surface area contributed by atoms with E-state index in [1.165, 1.54) is 6.08 Å². The maximum atomic E-state index is 10.4. The van der Waals surface area contributed by atoms with Gasteiger partial charge in [0.15, 0.2) is 0 Å². The molecule has 0 aliphatic rings. The van der Waals surface area contributed by atoms with Crippen molar-refractivity contribution in [1.82, 2.24) is 5.32 Å². The van der Waals surface area contributed by atoms with E-state index in [0.29, 0.717) is 6.54 Å². The van der Waals surface area contributed by atoms with Gasteiger partial charge in [-0.1, -0.05) is 6.08 Å². The Hall–Kier alpha value is -1.34. The maximum absolute atomic E-state index is 10.4. The summed E-state index contributed by atoms with van der Waals surface area (Å²) in [7, 11) is 0. The van der Waals surface area contributed by atoms with Crippen LogP contribution in [0.25, 0.3) is 0 Å². The lowest BCUT2D eigenvalue weighted by molar-refractivity contribution is -0.119. The summed E-state index contributed by atoms with van der Waals surface area (Å²) in [5, 5.41) is 10.5. The molecule has 3 N–H and O–H groups in total. The van der Waals surface area contributed by atoms with Crippen molar-refractivity contribution < 1.29 is 4.79 Å². The molecule has 10 heavy (non-hydrogen) atoms. The van der Waals surface area contributed by atoms with Gasteiger partial charge >= 0.3 is 0 Å². The molecule has 0 fully saturated rings. The van der Waals surface area contributed by atoms with Crippen LogP contribution < -0.4 is 11.1 Å². The second-order valence-electron chi connectivity index (χ2n) is 1.54. The van der Waals surface area contributed by atoms with Gasteiger partial charge in [0.1, 0.15) is 0 Å². The number of hydrogen-bond donors (Lipinski definition) is 2. The summed E-state index contributed by atoms with van der Waals surface area (Å²) in [6.45, 7) is 0.351. The second kappa shape index (κ2) is 5.79. The molecule has 0 aromatic heterocycles. The molecule has 0 saturated heterocycles. The van der Waals surface area contributed by atoms with E-state index in [0.717, 1.165) is 0 Å². The van der Waals surface area contributed by atoms with Gasteiger partial charge in [0.05, 0.1) is 12.6 Å². The number of amides is 1. The minimum absolute atomic E-state index is 0.0135. The molecule has 0 saturated carbocycles. The van der Waals surface area contributed by atoms with Gasteiger partial charge in [0.25, 0.3) is 0 Å². The molecule has 0 aliphatic heterocycles. The first-order chi connectivity index (χ1) is 4.81. The normalized spacial score (nSPS) is 9.20. The Morgan fingerprint density at radius 1 is 1.80 bits per heavy atom. The Morgan fingerprint density at radius 2 is 2.50 bits per heavy atom. The van der Waals surface area contributed by atoms with E-state index < -0.39 is 0 Å². The van der Waals surface area contributed by atoms with Gasteiger partial charge in [0.2, 0.25) is 5.91 Å². The summed E-state index contributed by atoms with van der Waals surface area (Å²) in [5.74, 6) is -0.220. The minimum atomic E-state index is -0.220. The van der Waals surface area contributed by atoms with Gasteiger partial charge in [-0.15, -0.1) is 0 Å². The molecule has 0 aromatic carbocycles. The lowest BCUT2D eigenvalue weighted by atomic mass is 10.5. The Balaban J connectivity index is 3.30. The molecule has 0 aromatic rings. The van der Waals surface area contributed by atoms with Crippen LogP contribution in [0.2, 0.25) is 0 Å². The molecule has 0 bridgehead atoms. The molecule has 1 amide bonds. The van der Waals surface area contributed by atoms with Crippen molar-refractivity contribution >= 4 is 5.91 Å². The summed E-state index contributed by atoms with van der Waals surface area (Å²) in [6, 6.07) is 1.80. The van der Waals surface area contributed by atoms with Gasteiger partial charge in [-0.25, -0.2) is 0 Å². The van der Waals surface area contributed by atoms with Gasteiger partial charge in [-0.05, 0) is 0 Å². The van der Waals surface area contributed by atoms with Crippen LogP contribution in [0, 0.1) is 11.3 Å². The standard InChI is InChI=1S/C6H9N3O/c7-3-1-2-4-9-6(10)5-8/h1-2H,4-5,8H2,(H,9,10)/b2-1+. The van der Waals surface area contributed by atoms with Crippen molar-refractivity contribution in [2.75, 3.05) is 13.1 Å². The number of allylic oxidation sites excluding steroid dienone is 1. The molecular formula is C6H9N3O. The van der Waals surface area contributed by atoms with Gasteiger partial charge in [-0.3, -0.25) is 4.79 Å². The molecule has 4 nitrogen and oxygen atoms in total. The SMILES string of the molecule is N#C/C=C/CNC(=O)CN. The first kappa shape index (κ1) is 8.66. The van der Waals surface area contributed by atoms with E-state index in [1.54, 1.807) is 12.1 Å². The highest BCUT2D eigenvalue weighted by Crippen LogP contribution is 1.66. The molecule has 0 rings (SSSR count). The highest BCUT2D eigenvalue weighted by atomic mass is 16.1. The number of carbonyl (C=O) groups excluding carboxylic acids is 1. The number of nitriles is 1. The van der Waals surface area contributed by atoms with Crippen molar-refractivity contribution in [3.8, 4) is 6.07 Å². The lowest BCUT2D eigenvalue weighted by Crippen LogP contribution is -2.30. The molecule has 0 unspecified atom stereocenters. The van der Waals surface area contributed by atoms with Gasteiger partial charge < -0.3 is 11.1 Å². The van der Waals surface area contributed by atoms with Crippen molar-refractivity contribution in [2.24, 2.45) is 5.73 Å². The third-order valence-corrected chi connectivity index (χ3v) is 0.795. The summed E-state index contributed by atoms with van der Waals surface area (Å²) in [6.07, 6.45) is 2.85. The second-order valence-corrected chi connectivity index (χ2v) is 1.54. The van der Waals surface area contributed by atoms with Crippen LogP contribution in [-0.4, -0.2) is 19.0 Å². The van der Waals surface area contributed by atoms with Crippen LogP contribution in [0.15, 0.2) is 12.2 Å². The Kier molecular flexibility index (Phi) is 5.01. The Morgan fingerprint density at radius 3 is 3.00 bits per heavy atom. The number of carbonyl (C=O) groups is 1.